The number of nitrogens with two attached hydrogens (primary N) is 1. The predicted octanol–water partition coefficient (Wildman–Crippen LogP) is 1.79. The summed E-state index contributed by atoms with van der Waals surface area (Å²) >= 11 is 3.30. The van der Waals surface area contributed by atoms with Crippen LogP contribution in [-0.2, 0) is 11.3 Å². The Labute approximate surface area is 110 Å². The van der Waals surface area contributed by atoms with Crippen LogP contribution in [0.5, 0.6) is 0 Å². The number of carbonyl (C=O) groups is 1. The van der Waals surface area contributed by atoms with Crippen LogP contribution in [0, 0.1) is 5.92 Å². The fourth-order valence-corrected chi connectivity index (χ4v) is 1.84. The highest BCUT2D eigenvalue weighted by Crippen LogP contribution is 2.11. The Morgan fingerprint density at radius 3 is 2.76 bits per heavy atom. The number of hydrogen-bond acceptors (Lipinski definition) is 3. The van der Waals surface area contributed by atoms with E-state index in [9.17, 15) is 4.79 Å². The van der Waals surface area contributed by atoms with Gasteiger partial charge in [0.05, 0.1) is 6.04 Å². The quantitative estimate of drug-likeness (QED) is 0.862. The molecule has 1 atom stereocenters. The zero-order valence-corrected chi connectivity index (χ0v) is 11.9. The second-order valence-electron chi connectivity index (χ2n) is 4.45. The van der Waals surface area contributed by atoms with Gasteiger partial charge in [0, 0.05) is 19.8 Å². The zero-order chi connectivity index (χ0) is 13.0. The third-order valence-corrected chi connectivity index (χ3v) is 3.02. The van der Waals surface area contributed by atoms with E-state index in [0.717, 1.165) is 10.2 Å². The first kappa shape index (κ1) is 14.1. The summed E-state index contributed by atoms with van der Waals surface area (Å²) in [6.07, 6.45) is 1.71. The molecule has 0 aliphatic rings. The van der Waals surface area contributed by atoms with Gasteiger partial charge in [0.25, 0.3) is 0 Å². The van der Waals surface area contributed by atoms with Crippen molar-refractivity contribution in [2.75, 3.05) is 7.05 Å². The van der Waals surface area contributed by atoms with Gasteiger partial charge in [-0.25, -0.2) is 4.98 Å². The molecule has 17 heavy (non-hydrogen) atoms. The Morgan fingerprint density at radius 2 is 2.24 bits per heavy atom. The SMILES string of the molecule is CC(C)[C@H](N)C(=O)N(C)Cc1ccnc(Br)c1. The number of halogens is 1. The van der Waals surface area contributed by atoms with E-state index in [1.54, 1.807) is 18.1 Å². The minimum Gasteiger partial charge on any atom is -0.340 e. The Balaban J connectivity index is 2.66. The molecule has 94 valence electrons. The maximum Gasteiger partial charge on any atom is 0.239 e. The van der Waals surface area contributed by atoms with Crippen LogP contribution in [0.2, 0.25) is 0 Å². The van der Waals surface area contributed by atoms with Crippen molar-refractivity contribution in [3.05, 3.63) is 28.5 Å². The van der Waals surface area contributed by atoms with Crippen molar-refractivity contribution in [1.29, 1.82) is 0 Å². The highest BCUT2D eigenvalue weighted by molar-refractivity contribution is 9.10. The van der Waals surface area contributed by atoms with E-state index in [2.05, 4.69) is 20.9 Å². The number of aromatic nitrogens is 1. The second kappa shape index (κ2) is 6.12. The molecule has 0 saturated heterocycles. The standard InChI is InChI=1S/C12H18BrN3O/c1-8(2)11(14)12(17)16(3)7-9-4-5-15-10(13)6-9/h4-6,8,11H,7,14H2,1-3H3/t11-/m0/s1. The van der Waals surface area contributed by atoms with Crippen LogP contribution in [0.25, 0.3) is 0 Å². The number of likely N-dealkylation sites (N-methyl/N-ethyl adjacent to an activating group) is 1. The molecule has 0 radical (unpaired) electrons. The molecule has 1 aromatic heterocycles. The van der Waals surface area contributed by atoms with Crippen molar-refractivity contribution < 1.29 is 4.79 Å². The van der Waals surface area contributed by atoms with Gasteiger partial charge in [-0.05, 0) is 39.5 Å². The van der Waals surface area contributed by atoms with E-state index < -0.39 is 6.04 Å². The maximum absolute atomic E-state index is 11.9. The van der Waals surface area contributed by atoms with Crippen molar-refractivity contribution in [3.63, 3.8) is 0 Å². The largest absolute Gasteiger partial charge is 0.340 e. The van der Waals surface area contributed by atoms with Crippen molar-refractivity contribution in [2.24, 2.45) is 11.7 Å². The van der Waals surface area contributed by atoms with Gasteiger partial charge in [-0.2, -0.15) is 0 Å². The molecule has 0 saturated carbocycles. The second-order valence-corrected chi connectivity index (χ2v) is 5.26. The molecule has 4 nitrogen and oxygen atoms in total. The molecule has 0 bridgehead atoms. The molecule has 0 spiro atoms. The predicted molar refractivity (Wildman–Crippen MR) is 71.2 cm³/mol. The first-order valence-electron chi connectivity index (χ1n) is 5.52. The van der Waals surface area contributed by atoms with E-state index in [-0.39, 0.29) is 11.8 Å². The Kier molecular flexibility index (Phi) is 5.08. The van der Waals surface area contributed by atoms with Gasteiger partial charge >= 0.3 is 0 Å². The van der Waals surface area contributed by atoms with Crippen LogP contribution >= 0.6 is 15.9 Å². The molecule has 2 N–H and O–H groups in total. The molecule has 0 unspecified atom stereocenters. The highest BCUT2D eigenvalue weighted by Gasteiger charge is 2.20. The van der Waals surface area contributed by atoms with Gasteiger partial charge in [0.2, 0.25) is 5.91 Å². The lowest BCUT2D eigenvalue weighted by Crippen LogP contribution is -2.44. The fourth-order valence-electron chi connectivity index (χ4n) is 1.43. The third kappa shape index (κ3) is 4.09. The minimum atomic E-state index is -0.440. The topological polar surface area (TPSA) is 59.2 Å². The molecular formula is C12H18BrN3O. The average molecular weight is 300 g/mol. The van der Waals surface area contributed by atoms with Crippen molar-refractivity contribution in [2.45, 2.75) is 26.4 Å². The summed E-state index contributed by atoms with van der Waals surface area (Å²) in [7, 11) is 1.76. The molecule has 0 fully saturated rings. The number of carbonyl (C=O) groups excluding carboxylic acids is 1. The summed E-state index contributed by atoms with van der Waals surface area (Å²) in [5, 5.41) is 0. The van der Waals surface area contributed by atoms with E-state index in [1.807, 2.05) is 26.0 Å². The summed E-state index contributed by atoms with van der Waals surface area (Å²) in [6.45, 7) is 4.43. The van der Waals surface area contributed by atoms with Gasteiger partial charge in [0.1, 0.15) is 4.60 Å². The minimum absolute atomic E-state index is 0.0343. The van der Waals surface area contributed by atoms with Gasteiger partial charge in [0.15, 0.2) is 0 Å². The maximum atomic E-state index is 11.9. The number of amides is 1. The molecule has 0 aromatic carbocycles. The van der Waals surface area contributed by atoms with Crippen LogP contribution in [0.1, 0.15) is 19.4 Å². The number of rotatable bonds is 4. The molecule has 0 aliphatic carbocycles. The summed E-state index contributed by atoms with van der Waals surface area (Å²) in [6, 6.07) is 3.34. The average Bonchev–Trinajstić information content (AvgIpc) is 2.26. The lowest BCUT2D eigenvalue weighted by molar-refractivity contribution is -0.132. The molecular weight excluding hydrogens is 282 g/mol. The van der Waals surface area contributed by atoms with Gasteiger partial charge in [-0.1, -0.05) is 13.8 Å². The Hall–Kier alpha value is -0.940. The molecule has 0 aliphatic heterocycles. The van der Waals surface area contributed by atoms with Gasteiger partial charge < -0.3 is 10.6 Å². The van der Waals surface area contributed by atoms with E-state index in [0.29, 0.717) is 6.54 Å². The van der Waals surface area contributed by atoms with Gasteiger partial charge in [-0.3, -0.25) is 4.79 Å². The number of pyridine rings is 1. The zero-order valence-electron chi connectivity index (χ0n) is 10.4. The summed E-state index contributed by atoms with van der Waals surface area (Å²) in [5.41, 5.74) is 6.86. The highest BCUT2D eigenvalue weighted by atomic mass is 79.9. The fraction of sp³-hybridized carbons (Fsp3) is 0.500. The molecule has 1 heterocycles. The number of hydrogen-bond donors (Lipinski definition) is 1. The monoisotopic (exact) mass is 299 g/mol. The lowest BCUT2D eigenvalue weighted by atomic mass is 10.0. The van der Waals surface area contributed by atoms with Crippen LogP contribution in [0.3, 0.4) is 0 Å². The molecule has 1 rings (SSSR count). The Bertz CT molecular complexity index is 395. The summed E-state index contributed by atoms with van der Waals surface area (Å²) < 4.78 is 0.768. The number of nitrogens with zero attached hydrogens (tertiary/aromatic N) is 2. The van der Waals surface area contributed by atoms with Crippen LogP contribution in [0.4, 0.5) is 0 Å². The van der Waals surface area contributed by atoms with Crippen molar-refractivity contribution >= 4 is 21.8 Å². The van der Waals surface area contributed by atoms with E-state index in [1.165, 1.54) is 0 Å². The van der Waals surface area contributed by atoms with Gasteiger partial charge in [-0.15, -0.1) is 0 Å². The van der Waals surface area contributed by atoms with Crippen LogP contribution < -0.4 is 5.73 Å². The molecule has 1 aromatic rings. The first-order valence-corrected chi connectivity index (χ1v) is 6.32. The van der Waals surface area contributed by atoms with E-state index in [4.69, 9.17) is 5.73 Å². The van der Waals surface area contributed by atoms with Crippen molar-refractivity contribution in [3.8, 4) is 0 Å². The molecule has 1 amide bonds. The summed E-state index contributed by atoms with van der Waals surface area (Å²) in [5.74, 6) is 0.113. The van der Waals surface area contributed by atoms with Crippen LogP contribution in [0.15, 0.2) is 22.9 Å². The Morgan fingerprint density at radius 1 is 1.59 bits per heavy atom. The van der Waals surface area contributed by atoms with Crippen LogP contribution in [-0.4, -0.2) is 28.9 Å². The molecule has 5 heteroatoms. The first-order chi connectivity index (χ1) is 7.91. The lowest BCUT2D eigenvalue weighted by Gasteiger charge is -2.23. The van der Waals surface area contributed by atoms with E-state index >= 15 is 0 Å². The third-order valence-electron chi connectivity index (χ3n) is 2.59. The van der Waals surface area contributed by atoms with Crippen molar-refractivity contribution in [1.82, 2.24) is 9.88 Å². The smallest absolute Gasteiger partial charge is 0.239 e. The summed E-state index contributed by atoms with van der Waals surface area (Å²) in [4.78, 5) is 17.6. The normalized spacial score (nSPS) is 12.6.